The molecule has 0 atom stereocenters. The third-order valence-corrected chi connectivity index (χ3v) is 6.54. The molecule has 142 valence electrons. The van der Waals surface area contributed by atoms with Crippen molar-refractivity contribution in [3.63, 3.8) is 0 Å². The van der Waals surface area contributed by atoms with Crippen LogP contribution in [0.15, 0.2) is 18.3 Å². The van der Waals surface area contributed by atoms with E-state index in [0.717, 1.165) is 43.0 Å². The standard InChI is InChI=1S/C19H30N6S/c1-2-9-23-11-13-24(14-12-23)18-21-22-19(26-18)25-10-5-8-17(25)15-20-16-6-3-4-7-16/h5,8,10,16,20H,2-4,6-7,9,11-15H2,1H3. The number of hydrogen-bond donors (Lipinski definition) is 1. The summed E-state index contributed by atoms with van der Waals surface area (Å²) in [5.41, 5.74) is 1.27. The number of nitrogens with one attached hydrogen (secondary N) is 1. The SMILES string of the molecule is CCCN1CCN(c2nnc(-n3cccc3CNC3CCCC3)s2)CC1. The first-order valence-electron chi connectivity index (χ1n) is 10.0. The third kappa shape index (κ3) is 4.10. The minimum atomic E-state index is 0.683. The molecule has 0 unspecified atom stereocenters. The molecule has 2 aromatic rings. The third-order valence-electron chi connectivity index (χ3n) is 5.55. The van der Waals surface area contributed by atoms with E-state index in [0.29, 0.717) is 6.04 Å². The van der Waals surface area contributed by atoms with Crippen molar-refractivity contribution in [1.82, 2.24) is 25.0 Å². The van der Waals surface area contributed by atoms with Crippen molar-refractivity contribution < 1.29 is 0 Å². The summed E-state index contributed by atoms with van der Waals surface area (Å²) in [7, 11) is 0. The molecule has 1 aliphatic heterocycles. The molecule has 4 rings (SSSR count). The van der Waals surface area contributed by atoms with Gasteiger partial charge in [-0.2, -0.15) is 0 Å². The molecule has 1 N–H and O–H groups in total. The summed E-state index contributed by atoms with van der Waals surface area (Å²) in [6.07, 6.45) is 8.69. The zero-order valence-corrected chi connectivity index (χ0v) is 16.5. The highest BCUT2D eigenvalue weighted by molar-refractivity contribution is 7.17. The van der Waals surface area contributed by atoms with E-state index >= 15 is 0 Å². The van der Waals surface area contributed by atoms with Gasteiger partial charge in [-0.3, -0.25) is 9.47 Å². The summed E-state index contributed by atoms with van der Waals surface area (Å²) < 4.78 is 2.19. The molecule has 1 aliphatic carbocycles. The predicted octanol–water partition coefficient (Wildman–Crippen LogP) is 2.89. The van der Waals surface area contributed by atoms with Crippen LogP contribution in [0.2, 0.25) is 0 Å². The van der Waals surface area contributed by atoms with Crippen molar-refractivity contribution in [3.05, 3.63) is 24.0 Å². The second kappa shape index (κ2) is 8.50. The summed E-state index contributed by atoms with van der Waals surface area (Å²) in [5, 5.41) is 14.7. The minimum absolute atomic E-state index is 0.683. The maximum absolute atomic E-state index is 4.48. The van der Waals surface area contributed by atoms with Gasteiger partial charge in [-0.25, -0.2) is 0 Å². The normalized spacial score (nSPS) is 19.5. The van der Waals surface area contributed by atoms with Crippen LogP contribution in [0.1, 0.15) is 44.7 Å². The summed E-state index contributed by atoms with van der Waals surface area (Å²) in [5.74, 6) is 0. The van der Waals surface area contributed by atoms with Crippen LogP contribution in [0.25, 0.3) is 5.13 Å². The Hall–Kier alpha value is -1.44. The molecule has 2 fully saturated rings. The topological polar surface area (TPSA) is 49.2 Å². The fourth-order valence-electron chi connectivity index (χ4n) is 4.04. The van der Waals surface area contributed by atoms with Crippen molar-refractivity contribution in [3.8, 4) is 5.13 Å². The first-order chi connectivity index (χ1) is 12.8. The van der Waals surface area contributed by atoms with Gasteiger partial charge in [-0.1, -0.05) is 31.1 Å². The molecular weight excluding hydrogens is 344 g/mol. The van der Waals surface area contributed by atoms with E-state index in [1.165, 1.54) is 44.3 Å². The molecule has 0 aromatic carbocycles. The maximum Gasteiger partial charge on any atom is 0.218 e. The smallest absolute Gasteiger partial charge is 0.218 e. The highest BCUT2D eigenvalue weighted by Gasteiger charge is 2.20. The number of nitrogens with zero attached hydrogens (tertiary/aromatic N) is 5. The molecule has 6 nitrogen and oxygen atoms in total. The molecule has 7 heteroatoms. The van der Waals surface area contributed by atoms with E-state index in [1.54, 1.807) is 11.3 Å². The number of piperazine rings is 1. The first kappa shape index (κ1) is 17.9. The first-order valence-corrected chi connectivity index (χ1v) is 10.9. The fourth-order valence-corrected chi connectivity index (χ4v) is 4.95. The lowest BCUT2D eigenvalue weighted by Crippen LogP contribution is -2.46. The molecule has 1 saturated carbocycles. The van der Waals surface area contributed by atoms with E-state index < -0.39 is 0 Å². The van der Waals surface area contributed by atoms with Gasteiger partial charge in [0.1, 0.15) is 0 Å². The second-order valence-corrected chi connectivity index (χ2v) is 8.36. The van der Waals surface area contributed by atoms with Gasteiger partial charge in [-0.05, 0) is 37.9 Å². The molecule has 1 saturated heterocycles. The van der Waals surface area contributed by atoms with Crippen LogP contribution in [-0.2, 0) is 6.54 Å². The highest BCUT2D eigenvalue weighted by atomic mass is 32.1. The van der Waals surface area contributed by atoms with Crippen molar-refractivity contribution in [1.29, 1.82) is 0 Å². The van der Waals surface area contributed by atoms with E-state index in [9.17, 15) is 0 Å². The van der Waals surface area contributed by atoms with Crippen molar-refractivity contribution >= 4 is 16.5 Å². The predicted molar refractivity (Wildman–Crippen MR) is 107 cm³/mol. The van der Waals surface area contributed by atoms with E-state index in [2.05, 4.69) is 55.1 Å². The van der Waals surface area contributed by atoms with E-state index in [1.807, 2.05) is 0 Å². The lowest BCUT2D eigenvalue weighted by atomic mass is 10.2. The van der Waals surface area contributed by atoms with Gasteiger partial charge in [0, 0.05) is 50.7 Å². The van der Waals surface area contributed by atoms with Gasteiger partial charge in [-0.15, -0.1) is 10.2 Å². The van der Waals surface area contributed by atoms with E-state index in [-0.39, 0.29) is 0 Å². The van der Waals surface area contributed by atoms with Gasteiger partial charge >= 0.3 is 0 Å². The van der Waals surface area contributed by atoms with E-state index in [4.69, 9.17) is 0 Å². The molecule has 2 aromatic heterocycles. The molecule has 2 aliphatic rings. The maximum atomic E-state index is 4.48. The van der Waals surface area contributed by atoms with Crippen LogP contribution in [0, 0.1) is 0 Å². The van der Waals surface area contributed by atoms with Crippen molar-refractivity contribution in [2.75, 3.05) is 37.6 Å². The second-order valence-electron chi connectivity index (χ2n) is 7.43. The molecule has 0 bridgehead atoms. The molecule has 3 heterocycles. The zero-order valence-electron chi connectivity index (χ0n) is 15.7. The van der Waals surface area contributed by atoms with Gasteiger partial charge in [0.05, 0.1) is 0 Å². The Morgan fingerprint density at radius 3 is 2.65 bits per heavy atom. The molecule has 0 spiro atoms. The Morgan fingerprint density at radius 1 is 1.12 bits per heavy atom. The molecule has 0 radical (unpaired) electrons. The Morgan fingerprint density at radius 2 is 1.88 bits per heavy atom. The summed E-state index contributed by atoms with van der Waals surface area (Å²) in [6, 6.07) is 4.98. The summed E-state index contributed by atoms with van der Waals surface area (Å²) >= 11 is 1.70. The van der Waals surface area contributed by atoms with Gasteiger partial charge in [0.2, 0.25) is 10.3 Å². The molecular formula is C19H30N6S. The number of rotatable bonds is 7. The molecule has 26 heavy (non-hydrogen) atoms. The van der Waals surface area contributed by atoms with Crippen LogP contribution >= 0.6 is 11.3 Å². The number of aromatic nitrogens is 3. The monoisotopic (exact) mass is 374 g/mol. The Kier molecular flexibility index (Phi) is 5.87. The average Bonchev–Trinajstić information content (AvgIpc) is 3.41. The number of hydrogen-bond acceptors (Lipinski definition) is 6. The van der Waals surface area contributed by atoms with Crippen molar-refractivity contribution in [2.45, 2.75) is 51.6 Å². The lowest BCUT2D eigenvalue weighted by molar-refractivity contribution is 0.258. The summed E-state index contributed by atoms with van der Waals surface area (Å²) in [4.78, 5) is 4.92. The lowest BCUT2D eigenvalue weighted by Gasteiger charge is -2.33. The quantitative estimate of drug-likeness (QED) is 0.808. The van der Waals surface area contributed by atoms with Crippen LogP contribution in [0.3, 0.4) is 0 Å². The van der Waals surface area contributed by atoms with Gasteiger partial charge in [0.25, 0.3) is 0 Å². The van der Waals surface area contributed by atoms with Crippen LogP contribution in [0.5, 0.6) is 0 Å². The average molecular weight is 375 g/mol. The van der Waals surface area contributed by atoms with Gasteiger partial charge in [0.15, 0.2) is 0 Å². The Balaban J connectivity index is 1.38. The highest BCUT2D eigenvalue weighted by Crippen LogP contribution is 2.26. The number of anilines is 1. The summed E-state index contributed by atoms with van der Waals surface area (Å²) in [6.45, 7) is 8.72. The van der Waals surface area contributed by atoms with Crippen molar-refractivity contribution in [2.24, 2.45) is 0 Å². The minimum Gasteiger partial charge on any atom is -0.344 e. The van der Waals surface area contributed by atoms with Gasteiger partial charge < -0.3 is 10.2 Å². The van der Waals surface area contributed by atoms with Crippen LogP contribution < -0.4 is 10.2 Å². The van der Waals surface area contributed by atoms with Crippen LogP contribution in [-0.4, -0.2) is 58.4 Å². The fraction of sp³-hybridized carbons (Fsp3) is 0.684. The van der Waals surface area contributed by atoms with Crippen LogP contribution in [0.4, 0.5) is 5.13 Å². The molecule has 0 amide bonds. The Labute approximate surface area is 160 Å². The largest absolute Gasteiger partial charge is 0.344 e. The zero-order chi connectivity index (χ0) is 17.8. The Bertz CT molecular complexity index is 682.